The Kier molecular flexibility index (Phi) is 5.85. The maximum atomic E-state index is 12.5. The first-order valence-corrected chi connectivity index (χ1v) is 11.0. The van der Waals surface area contributed by atoms with Crippen molar-refractivity contribution in [3.8, 4) is 0 Å². The summed E-state index contributed by atoms with van der Waals surface area (Å²) in [7, 11) is -3.37. The second-order valence-corrected chi connectivity index (χ2v) is 8.92. The molecular weight excluding hydrogens is 360 g/mol. The number of amides is 1. The lowest BCUT2D eigenvalue weighted by atomic mass is 10.0. The molecule has 0 atom stereocenters. The zero-order valence-electron chi connectivity index (χ0n) is 15.8. The van der Waals surface area contributed by atoms with E-state index in [-0.39, 0.29) is 11.7 Å². The predicted octanol–water partition coefficient (Wildman–Crippen LogP) is 3.82. The van der Waals surface area contributed by atoms with E-state index in [0.29, 0.717) is 29.8 Å². The molecule has 0 saturated carbocycles. The molecule has 2 aromatic rings. The molecule has 144 valence electrons. The average Bonchev–Trinajstić information content (AvgIpc) is 3.06. The number of hydrogen-bond donors (Lipinski definition) is 2. The fourth-order valence-electron chi connectivity index (χ4n) is 3.48. The fourth-order valence-corrected chi connectivity index (χ4v) is 4.68. The van der Waals surface area contributed by atoms with Crippen molar-refractivity contribution in [2.45, 2.75) is 46.0 Å². The van der Waals surface area contributed by atoms with Crippen molar-refractivity contribution in [1.29, 1.82) is 0 Å². The van der Waals surface area contributed by atoms with Gasteiger partial charge in [-0.05, 0) is 67.0 Å². The lowest BCUT2D eigenvalue weighted by molar-refractivity contribution is -0.115. The summed E-state index contributed by atoms with van der Waals surface area (Å²) in [5.74, 6) is -0.0361. The van der Waals surface area contributed by atoms with Gasteiger partial charge in [0.15, 0.2) is 0 Å². The van der Waals surface area contributed by atoms with Crippen molar-refractivity contribution < 1.29 is 13.2 Å². The molecule has 2 aromatic carbocycles. The van der Waals surface area contributed by atoms with Crippen LogP contribution in [0.5, 0.6) is 0 Å². The van der Waals surface area contributed by atoms with Crippen LogP contribution in [-0.4, -0.2) is 20.1 Å². The van der Waals surface area contributed by atoms with Crippen LogP contribution < -0.4 is 10.0 Å². The molecule has 1 aliphatic rings. The van der Waals surface area contributed by atoms with E-state index in [4.69, 9.17) is 0 Å². The van der Waals surface area contributed by atoms with Crippen molar-refractivity contribution in [1.82, 2.24) is 0 Å². The average molecular weight is 387 g/mol. The number of benzene rings is 2. The van der Waals surface area contributed by atoms with Gasteiger partial charge in [0, 0.05) is 5.69 Å². The third-order valence-corrected chi connectivity index (χ3v) is 6.35. The largest absolute Gasteiger partial charge is 0.325 e. The summed E-state index contributed by atoms with van der Waals surface area (Å²) in [4.78, 5) is 12.5. The standard InChI is InChI=1S/C21H26N2O3S/c1-3-12-27(25,26)23-20-9-5-8-19(15(20)2)22-21(24)14-16-10-11-17-6-4-7-18(17)13-16/h5,8-11,13,23H,3-4,6-7,12,14H2,1-2H3,(H,22,24). The van der Waals surface area contributed by atoms with E-state index in [1.807, 2.05) is 13.0 Å². The zero-order valence-corrected chi connectivity index (χ0v) is 16.7. The molecule has 0 fully saturated rings. The van der Waals surface area contributed by atoms with Gasteiger partial charge in [-0.3, -0.25) is 9.52 Å². The number of nitrogens with one attached hydrogen (secondary N) is 2. The van der Waals surface area contributed by atoms with Crippen molar-refractivity contribution >= 4 is 27.3 Å². The molecule has 0 radical (unpaired) electrons. The molecule has 1 aliphatic carbocycles. The first-order valence-electron chi connectivity index (χ1n) is 9.38. The normalized spacial score (nSPS) is 13.3. The monoisotopic (exact) mass is 386 g/mol. The zero-order chi connectivity index (χ0) is 19.4. The van der Waals surface area contributed by atoms with Crippen LogP contribution in [0.1, 0.15) is 42.0 Å². The highest BCUT2D eigenvalue weighted by Crippen LogP contribution is 2.26. The van der Waals surface area contributed by atoms with E-state index < -0.39 is 10.0 Å². The molecule has 0 spiro atoms. The fraction of sp³-hybridized carbons (Fsp3) is 0.381. The minimum absolute atomic E-state index is 0.0708. The summed E-state index contributed by atoms with van der Waals surface area (Å²) in [5.41, 5.74) is 5.58. The molecule has 0 aliphatic heterocycles. The Bertz CT molecular complexity index is 952. The minimum atomic E-state index is -3.37. The Labute approximate surface area is 161 Å². The lowest BCUT2D eigenvalue weighted by Gasteiger charge is -2.14. The predicted molar refractivity (Wildman–Crippen MR) is 110 cm³/mol. The van der Waals surface area contributed by atoms with E-state index in [1.54, 1.807) is 25.1 Å². The van der Waals surface area contributed by atoms with E-state index in [2.05, 4.69) is 22.2 Å². The van der Waals surface area contributed by atoms with Gasteiger partial charge in [-0.15, -0.1) is 0 Å². The number of rotatable bonds is 7. The van der Waals surface area contributed by atoms with Crippen LogP contribution in [0.25, 0.3) is 0 Å². The van der Waals surface area contributed by atoms with Gasteiger partial charge in [0.05, 0.1) is 17.9 Å². The second kappa shape index (κ2) is 8.13. The first kappa shape index (κ1) is 19.4. The maximum Gasteiger partial charge on any atom is 0.232 e. The smallest absolute Gasteiger partial charge is 0.232 e. The molecule has 5 nitrogen and oxygen atoms in total. The summed E-state index contributed by atoms with van der Waals surface area (Å²) in [5, 5.41) is 2.91. The van der Waals surface area contributed by atoms with Crippen molar-refractivity contribution in [3.05, 3.63) is 58.7 Å². The Morgan fingerprint density at radius 2 is 1.81 bits per heavy atom. The highest BCUT2D eigenvalue weighted by Gasteiger charge is 2.15. The third-order valence-electron chi connectivity index (χ3n) is 4.87. The van der Waals surface area contributed by atoms with E-state index in [9.17, 15) is 13.2 Å². The van der Waals surface area contributed by atoms with E-state index >= 15 is 0 Å². The molecule has 0 unspecified atom stereocenters. The van der Waals surface area contributed by atoms with Crippen molar-refractivity contribution in [2.75, 3.05) is 15.8 Å². The third kappa shape index (κ3) is 4.89. The molecule has 3 rings (SSSR count). The number of carbonyl (C=O) groups is 1. The minimum Gasteiger partial charge on any atom is -0.325 e. The van der Waals surface area contributed by atoms with Gasteiger partial charge >= 0.3 is 0 Å². The SMILES string of the molecule is CCCS(=O)(=O)Nc1cccc(NC(=O)Cc2ccc3c(c2)CCC3)c1C. The van der Waals surface area contributed by atoms with Gasteiger partial charge in [-0.2, -0.15) is 0 Å². The lowest BCUT2D eigenvalue weighted by Crippen LogP contribution is -2.18. The van der Waals surface area contributed by atoms with E-state index in [1.165, 1.54) is 17.5 Å². The summed E-state index contributed by atoms with van der Waals surface area (Å²) in [6.07, 6.45) is 4.25. The van der Waals surface area contributed by atoms with Crippen LogP contribution in [0.15, 0.2) is 36.4 Å². The summed E-state index contributed by atoms with van der Waals surface area (Å²) < 4.78 is 26.6. The van der Waals surface area contributed by atoms with Crippen molar-refractivity contribution in [2.24, 2.45) is 0 Å². The van der Waals surface area contributed by atoms with Gasteiger partial charge in [-0.25, -0.2) is 8.42 Å². The number of anilines is 2. The molecule has 0 aromatic heterocycles. The maximum absolute atomic E-state index is 12.5. The number of carbonyl (C=O) groups excluding carboxylic acids is 1. The topological polar surface area (TPSA) is 75.3 Å². The van der Waals surface area contributed by atoms with Crippen LogP contribution in [0.3, 0.4) is 0 Å². The molecule has 27 heavy (non-hydrogen) atoms. The van der Waals surface area contributed by atoms with Gasteiger partial charge in [0.25, 0.3) is 0 Å². The van der Waals surface area contributed by atoms with Crippen molar-refractivity contribution in [3.63, 3.8) is 0 Å². The first-order chi connectivity index (χ1) is 12.9. The Hall–Kier alpha value is -2.34. The molecule has 6 heteroatoms. The quantitative estimate of drug-likeness (QED) is 0.760. The summed E-state index contributed by atoms with van der Waals surface area (Å²) >= 11 is 0. The summed E-state index contributed by atoms with van der Waals surface area (Å²) in [6.45, 7) is 3.62. The summed E-state index contributed by atoms with van der Waals surface area (Å²) in [6, 6.07) is 11.5. The molecular formula is C21H26N2O3S. The molecule has 1 amide bonds. The Morgan fingerprint density at radius 3 is 2.59 bits per heavy atom. The van der Waals surface area contributed by atoms with Crippen LogP contribution in [0, 0.1) is 6.92 Å². The van der Waals surface area contributed by atoms with E-state index in [0.717, 1.165) is 18.4 Å². The number of hydrogen-bond acceptors (Lipinski definition) is 3. The molecule has 0 heterocycles. The van der Waals surface area contributed by atoms with Crippen LogP contribution >= 0.6 is 0 Å². The van der Waals surface area contributed by atoms with Crippen LogP contribution in [0.2, 0.25) is 0 Å². The van der Waals surface area contributed by atoms with Gasteiger partial charge < -0.3 is 5.32 Å². The van der Waals surface area contributed by atoms with Crippen LogP contribution in [0.4, 0.5) is 11.4 Å². The number of sulfonamides is 1. The molecule has 0 bridgehead atoms. The highest BCUT2D eigenvalue weighted by molar-refractivity contribution is 7.92. The number of fused-ring (bicyclic) bond motifs is 1. The van der Waals surface area contributed by atoms with Crippen LogP contribution in [-0.2, 0) is 34.1 Å². The number of aryl methyl sites for hydroxylation is 2. The second-order valence-electron chi connectivity index (χ2n) is 7.08. The Balaban J connectivity index is 1.70. The van der Waals surface area contributed by atoms with Gasteiger partial charge in [-0.1, -0.05) is 31.2 Å². The van der Waals surface area contributed by atoms with Gasteiger partial charge in [0.1, 0.15) is 0 Å². The molecule has 0 saturated heterocycles. The van der Waals surface area contributed by atoms with Gasteiger partial charge in [0.2, 0.25) is 15.9 Å². The Morgan fingerprint density at radius 1 is 1.07 bits per heavy atom. The highest BCUT2D eigenvalue weighted by atomic mass is 32.2. The molecule has 2 N–H and O–H groups in total.